The number of hydrogen-bond donors (Lipinski definition) is 2. The summed E-state index contributed by atoms with van der Waals surface area (Å²) in [6.45, 7) is 0.483. The number of nitrogens with two attached hydrogens (primary N) is 2. The summed E-state index contributed by atoms with van der Waals surface area (Å²) in [5.41, 5.74) is 13.6. The van der Waals surface area contributed by atoms with E-state index in [4.69, 9.17) is 11.5 Å². The van der Waals surface area contributed by atoms with E-state index < -0.39 is 0 Å². The van der Waals surface area contributed by atoms with Gasteiger partial charge in [0.15, 0.2) is 0 Å². The molecule has 0 radical (unpaired) electrons. The second-order valence-corrected chi connectivity index (χ2v) is 3.33. The summed E-state index contributed by atoms with van der Waals surface area (Å²) < 4.78 is 0. The predicted molar refractivity (Wildman–Crippen MR) is 56.8 cm³/mol. The zero-order valence-corrected chi connectivity index (χ0v) is 8.20. The Morgan fingerprint density at radius 1 is 1.38 bits per heavy atom. The highest BCUT2D eigenvalue weighted by molar-refractivity contribution is 5.47. The Morgan fingerprint density at radius 3 is 2.62 bits per heavy atom. The first kappa shape index (κ1) is 10.0. The highest BCUT2D eigenvalue weighted by Crippen LogP contribution is 2.16. The fourth-order valence-electron chi connectivity index (χ4n) is 1.17. The molecule has 1 aromatic rings. The van der Waals surface area contributed by atoms with Gasteiger partial charge in [0.2, 0.25) is 0 Å². The summed E-state index contributed by atoms with van der Waals surface area (Å²) in [6, 6.07) is 8.06. The zero-order chi connectivity index (χ0) is 9.84. The van der Waals surface area contributed by atoms with Gasteiger partial charge in [0, 0.05) is 32.4 Å². The van der Waals surface area contributed by atoms with Crippen LogP contribution in [-0.4, -0.2) is 20.6 Å². The Morgan fingerprint density at radius 2 is 2.08 bits per heavy atom. The largest absolute Gasteiger partial charge is 0.378 e. The number of benzene rings is 1. The highest BCUT2D eigenvalue weighted by Gasteiger charge is 2.04. The van der Waals surface area contributed by atoms with Crippen LogP contribution in [-0.2, 0) is 0 Å². The first-order valence-corrected chi connectivity index (χ1v) is 4.38. The lowest BCUT2D eigenvalue weighted by molar-refractivity contribution is 0.737. The van der Waals surface area contributed by atoms with E-state index in [0.717, 1.165) is 11.3 Å². The summed E-state index contributed by atoms with van der Waals surface area (Å²) in [4.78, 5) is 2.05. The lowest BCUT2D eigenvalue weighted by atomic mass is 10.1. The van der Waals surface area contributed by atoms with Crippen LogP contribution in [0.15, 0.2) is 24.3 Å². The molecule has 0 saturated carbocycles. The molecule has 13 heavy (non-hydrogen) atoms. The van der Waals surface area contributed by atoms with Gasteiger partial charge >= 0.3 is 0 Å². The minimum atomic E-state index is -0.0556. The Kier molecular flexibility index (Phi) is 3.28. The van der Waals surface area contributed by atoms with Crippen molar-refractivity contribution in [1.82, 2.24) is 0 Å². The molecule has 3 heteroatoms. The van der Waals surface area contributed by atoms with Gasteiger partial charge < -0.3 is 16.4 Å². The van der Waals surface area contributed by atoms with Crippen LogP contribution in [0.4, 0.5) is 5.69 Å². The van der Waals surface area contributed by atoms with Crippen molar-refractivity contribution in [3.8, 4) is 0 Å². The van der Waals surface area contributed by atoms with Crippen molar-refractivity contribution in [2.75, 3.05) is 25.5 Å². The van der Waals surface area contributed by atoms with Gasteiger partial charge in [0.1, 0.15) is 0 Å². The zero-order valence-electron chi connectivity index (χ0n) is 8.20. The van der Waals surface area contributed by atoms with Gasteiger partial charge in [-0.15, -0.1) is 0 Å². The van der Waals surface area contributed by atoms with Gasteiger partial charge in [0.05, 0.1) is 0 Å². The van der Waals surface area contributed by atoms with Crippen molar-refractivity contribution in [2.45, 2.75) is 6.04 Å². The molecule has 1 rings (SSSR count). The van der Waals surface area contributed by atoms with Crippen LogP contribution in [0.2, 0.25) is 0 Å². The van der Waals surface area contributed by atoms with E-state index in [1.54, 1.807) is 0 Å². The maximum Gasteiger partial charge on any atom is 0.0420 e. The summed E-state index contributed by atoms with van der Waals surface area (Å²) >= 11 is 0. The third-order valence-corrected chi connectivity index (χ3v) is 2.07. The van der Waals surface area contributed by atoms with Gasteiger partial charge in [-0.3, -0.25) is 0 Å². The SMILES string of the molecule is CN(C)c1cccc([C@H](N)CN)c1. The minimum Gasteiger partial charge on any atom is -0.378 e. The first-order valence-electron chi connectivity index (χ1n) is 4.38. The topological polar surface area (TPSA) is 55.3 Å². The molecule has 4 N–H and O–H groups in total. The monoisotopic (exact) mass is 179 g/mol. The van der Waals surface area contributed by atoms with Gasteiger partial charge in [-0.2, -0.15) is 0 Å². The van der Waals surface area contributed by atoms with Gasteiger partial charge in [-0.05, 0) is 17.7 Å². The van der Waals surface area contributed by atoms with Gasteiger partial charge in [-0.1, -0.05) is 12.1 Å². The van der Waals surface area contributed by atoms with Crippen LogP contribution in [0.25, 0.3) is 0 Å². The van der Waals surface area contributed by atoms with E-state index in [2.05, 4.69) is 6.07 Å². The molecule has 0 spiro atoms. The molecule has 1 atom stereocenters. The average molecular weight is 179 g/mol. The fourth-order valence-corrected chi connectivity index (χ4v) is 1.17. The van der Waals surface area contributed by atoms with E-state index in [0.29, 0.717) is 6.54 Å². The summed E-state index contributed by atoms with van der Waals surface area (Å²) in [6.07, 6.45) is 0. The smallest absolute Gasteiger partial charge is 0.0420 e. The van der Waals surface area contributed by atoms with Crippen molar-refractivity contribution < 1.29 is 0 Å². The third kappa shape index (κ3) is 2.44. The Bertz CT molecular complexity index is 271. The quantitative estimate of drug-likeness (QED) is 0.718. The molecule has 72 valence electrons. The van der Waals surface area contributed by atoms with Crippen LogP contribution in [0.3, 0.4) is 0 Å². The predicted octanol–water partition coefficient (Wildman–Crippen LogP) is 0.711. The molecular weight excluding hydrogens is 162 g/mol. The summed E-state index contributed by atoms with van der Waals surface area (Å²) in [5, 5.41) is 0. The van der Waals surface area contributed by atoms with Crippen molar-refractivity contribution >= 4 is 5.69 Å². The van der Waals surface area contributed by atoms with Crippen LogP contribution in [0.1, 0.15) is 11.6 Å². The second-order valence-electron chi connectivity index (χ2n) is 3.33. The minimum absolute atomic E-state index is 0.0556. The standard InChI is InChI=1S/C10H17N3/c1-13(2)9-5-3-4-8(6-9)10(12)7-11/h3-6,10H,7,11-12H2,1-2H3/t10-/m1/s1. The molecule has 3 nitrogen and oxygen atoms in total. The van der Waals surface area contributed by atoms with Crippen LogP contribution >= 0.6 is 0 Å². The Balaban J connectivity index is 2.91. The van der Waals surface area contributed by atoms with Crippen molar-refractivity contribution in [2.24, 2.45) is 11.5 Å². The first-order chi connectivity index (χ1) is 6.15. The van der Waals surface area contributed by atoms with Crippen LogP contribution in [0, 0.1) is 0 Å². The molecule has 0 aliphatic heterocycles. The molecular formula is C10H17N3. The number of anilines is 1. The third-order valence-electron chi connectivity index (χ3n) is 2.07. The normalized spacial score (nSPS) is 12.6. The lowest BCUT2D eigenvalue weighted by Gasteiger charge is -2.15. The molecule has 0 fully saturated rings. The maximum atomic E-state index is 5.82. The van der Waals surface area contributed by atoms with Crippen LogP contribution in [0.5, 0.6) is 0 Å². The Labute approximate surface area is 79.3 Å². The molecule has 0 aromatic heterocycles. The highest BCUT2D eigenvalue weighted by atomic mass is 15.1. The number of rotatable bonds is 3. The maximum absolute atomic E-state index is 5.82. The van der Waals surface area contributed by atoms with E-state index in [-0.39, 0.29) is 6.04 Å². The molecule has 0 saturated heterocycles. The van der Waals surface area contributed by atoms with E-state index >= 15 is 0 Å². The van der Waals surface area contributed by atoms with E-state index in [1.807, 2.05) is 37.2 Å². The number of nitrogens with zero attached hydrogens (tertiary/aromatic N) is 1. The number of hydrogen-bond acceptors (Lipinski definition) is 3. The van der Waals surface area contributed by atoms with E-state index in [9.17, 15) is 0 Å². The lowest BCUT2D eigenvalue weighted by Crippen LogP contribution is -2.21. The molecule has 0 aliphatic rings. The molecule has 1 aromatic carbocycles. The van der Waals surface area contributed by atoms with Gasteiger partial charge in [0.25, 0.3) is 0 Å². The summed E-state index contributed by atoms with van der Waals surface area (Å²) in [7, 11) is 4.01. The Hall–Kier alpha value is -1.06. The molecule has 0 bridgehead atoms. The second kappa shape index (κ2) is 4.25. The van der Waals surface area contributed by atoms with Gasteiger partial charge in [-0.25, -0.2) is 0 Å². The van der Waals surface area contributed by atoms with Crippen molar-refractivity contribution in [1.29, 1.82) is 0 Å². The van der Waals surface area contributed by atoms with E-state index in [1.165, 1.54) is 0 Å². The van der Waals surface area contributed by atoms with Crippen molar-refractivity contribution in [3.63, 3.8) is 0 Å². The fraction of sp³-hybridized carbons (Fsp3) is 0.400. The van der Waals surface area contributed by atoms with Crippen LogP contribution < -0.4 is 16.4 Å². The van der Waals surface area contributed by atoms with Crippen molar-refractivity contribution in [3.05, 3.63) is 29.8 Å². The molecule has 0 amide bonds. The molecule has 0 heterocycles. The average Bonchev–Trinajstić information content (AvgIpc) is 2.17. The molecule has 0 unspecified atom stereocenters. The molecule has 0 aliphatic carbocycles. The summed E-state index contributed by atoms with van der Waals surface area (Å²) in [5.74, 6) is 0.